The van der Waals surface area contributed by atoms with E-state index in [1.807, 2.05) is 0 Å². The third-order valence-corrected chi connectivity index (χ3v) is 16.0. The summed E-state index contributed by atoms with van der Waals surface area (Å²) in [6.45, 7) is 1.05. The van der Waals surface area contributed by atoms with Gasteiger partial charge < -0.3 is 124 Å². The van der Waals surface area contributed by atoms with Gasteiger partial charge in [0.2, 0.25) is 59.1 Å². The minimum absolute atomic E-state index is 0.0166. The Kier molecular flexibility index (Phi) is 37.0. The molecule has 10 amide bonds. The van der Waals surface area contributed by atoms with Crippen molar-refractivity contribution in [1.29, 1.82) is 16.2 Å². The van der Waals surface area contributed by atoms with E-state index < -0.39 is 156 Å². The van der Waals surface area contributed by atoms with Gasteiger partial charge in [0.15, 0.2) is 17.9 Å². The van der Waals surface area contributed by atoms with Crippen LogP contribution in [0.2, 0.25) is 0 Å². The summed E-state index contributed by atoms with van der Waals surface area (Å²) in [7, 11) is 0. The summed E-state index contributed by atoms with van der Waals surface area (Å²) in [4.78, 5) is 180. The van der Waals surface area contributed by atoms with Crippen molar-refractivity contribution in [2.45, 2.75) is 170 Å². The number of aromatic amines is 2. The summed E-state index contributed by atoms with van der Waals surface area (Å²) in [6, 6.07) is -4.44. The lowest BCUT2D eigenvalue weighted by molar-refractivity contribution is -0.142. The van der Waals surface area contributed by atoms with E-state index in [1.54, 1.807) is 42.6 Å². The maximum absolute atomic E-state index is 15.1. The van der Waals surface area contributed by atoms with Gasteiger partial charge in [0.05, 0.1) is 31.0 Å². The number of carbonyl (C=O) groups is 12. The Balaban J connectivity index is 1.64. The number of carboxylic acids is 2. The van der Waals surface area contributed by atoms with Gasteiger partial charge in [-0.3, -0.25) is 74.0 Å². The third kappa shape index (κ3) is 31.6. The fourth-order valence-corrected chi connectivity index (χ4v) is 10.6. The molecule has 10 atom stereocenters. The highest BCUT2D eigenvalue weighted by Gasteiger charge is 2.36. The van der Waals surface area contributed by atoms with Gasteiger partial charge in [-0.05, 0) is 127 Å². The van der Waals surface area contributed by atoms with E-state index in [0.29, 0.717) is 41.3 Å². The van der Waals surface area contributed by atoms with E-state index in [-0.39, 0.29) is 121 Å². The number of nitrogens with zero attached hydrogens (tertiary/aromatic N) is 2. The van der Waals surface area contributed by atoms with Gasteiger partial charge in [0, 0.05) is 68.2 Å². The first-order valence-corrected chi connectivity index (χ1v) is 33.8. The average Bonchev–Trinajstić information content (AvgIpc) is 1.88. The van der Waals surface area contributed by atoms with E-state index in [4.69, 9.17) is 50.6 Å². The zero-order valence-corrected chi connectivity index (χ0v) is 57.8. The van der Waals surface area contributed by atoms with Crippen LogP contribution in [0.25, 0.3) is 10.9 Å². The average molecular weight is 1460 g/mol. The molecule has 0 fully saturated rings. The van der Waals surface area contributed by atoms with Crippen LogP contribution >= 0.6 is 0 Å². The fraction of sp³-hybridized carbons (Fsp3) is 0.516. The Hall–Kier alpha value is -11.5. The summed E-state index contributed by atoms with van der Waals surface area (Å²) >= 11 is 0. The Bertz CT molecular complexity index is 3520. The van der Waals surface area contributed by atoms with Crippen LogP contribution < -0.4 is 104 Å². The van der Waals surface area contributed by atoms with Gasteiger partial charge in [0.25, 0.3) is 0 Å². The van der Waals surface area contributed by atoms with Gasteiger partial charge >= 0.3 is 11.9 Å². The highest BCUT2D eigenvalue weighted by atomic mass is 16.4. The summed E-state index contributed by atoms with van der Waals surface area (Å²) in [5.41, 5.74) is 36.1. The van der Waals surface area contributed by atoms with Crippen molar-refractivity contribution < 1.29 is 67.7 Å². The van der Waals surface area contributed by atoms with E-state index in [1.165, 1.54) is 31.8 Å². The number of carbonyl (C=O) groups excluding carboxylic acids is 10. The topological polar surface area (TPSA) is 687 Å². The molecule has 570 valence electrons. The maximum Gasteiger partial charge on any atom is 0.326 e. The van der Waals surface area contributed by atoms with E-state index in [2.05, 4.69) is 89.1 Å². The molecule has 40 heteroatoms. The molecule has 4 rings (SSSR count). The molecule has 0 saturated heterocycles. The number of aliphatic carboxylic acids is 2. The van der Waals surface area contributed by atoms with Gasteiger partial charge in [-0.2, -0.15) is 0 Å². The molecule has 0 radical (unpaired) electrons. The molecule has 4 aromatic rings. The van der Waals surface area contributed by atoms with Crippen molar-refractivity contribution in [3.05, 3.63) is 84.3 Å². The number of hydrogen-bond acceptors (Lipinski definition) is 20. The number of amides is 10. The molecule has 0 aliphatic carbocycles. The smallest absolute Gasteiger partial charge is 0.326 e. The number of unbranched alkanes of at least 4 members (excludes halogenated alkanes) is 2. The standard InChI is InChI=1S/C64H100N26O14/c1-35(82-58(100)49(29-51(92)93)83-50(91)33-80-53(95)40(67)26-36-12-8-22-74-30-36)52(94)89-48(28-38-32-75-34-81-38)60(102)90-47(27-37-31-79-41-14-3-2-13-39(37)41)59(101)87-42(15-4-6-20-65)54(96)85-45(18-10-24-77-63(70)71)56(98)86-44(17-9-23-76-62(68)69)55(97)84-43(16-5-7-21-66)57(99)88-46(61(103)104)19-11-25-78-64(72)73/h2-3,8,12-14,22,30-32,34-35,40,42-49,79H,4-7,9-11,15-21,23-29,33,65-67H2,1H3,(H,75,81)(H,80,95)(H,82,100)(H,83,91)(H,84,97)(H,85,96)(H,86,98)(H,87,101)(H,88,99)(H,89,94)(H,90,102)(H,92,93)(H,103,104)(H4,68,69,76)(H4,70,71,77)(H4,72,73,78)/t35-,40-,42-,43-,44-,45-,46-,47-,48-,49-/m0/s1. The normalized spacial score (nSPS) is 13.8. The fourth-order valence-electron chi connectivity index (χ4n) is 10.6. The highest BCUT2D eigenvalue weighted by molar-refractivity contribution is 5.99. The molecular weight excluding hydrogens is 1360 g/mol. The molecular formula is C64H100N26O14. The lowest BCUT2D eigenvalue weighted by atomic mass is 10.0. The quantitative estimate of drug-likeness (QED) is 0.0111. The van der Waals surface area contributed by atoms with Crippen LogP contribution in [0.4, 0.5) is 0 Å². The van der Waals surface area contributed by atoms with Gasteiger partial charge in [0.1, 0.15) is 54.4 Å². The van der Waals surface area contributed by atoms with Crippen LogP contribution in [0.5, 0.6) is 0 Å². The number of nitrogens with two attached hydrogens (primary N) is 6. The monoisotopic (exact) mass is 1460 g/mol. The highest BCUT2D eigenvalue weighted by Crippen LogP contribution is 2.20. The first kappa shape index (κ1) is 84.9. The lowest BCUT2D eigenvalue weighted by Crippen LogP contribution is -2.61. The predicted molar refractivity (Wildman–Crippen MR) is 379 cm³/mol. The zero-order valence-electron chi connectivity index (χ0n) is 57.8. The maximum atomic E-state index is 15.1. The second-order valence-electron chi connectivity index (χ2n) is 24.4. The number of guanidine groups is 3. The Morgan fingerprint density at radius 3 is 1.43 bits per heavy atom. The summed E-state index contributed by atoms with van der Waals surface area (Å²) < 4.78 is 0. The van der Waals surface area contributed by atoms with Crippen molar-refractivity contribution in [2.75, 3.05) is 39.3 Å². The minimum Gasteiger partial charge on any atom is -0.481 e. The number of pyridine rings is 1. The van der Waals surface area contributed by atoms with E-state index in [0.717, 1.165) is 0 Å². The molecule has 0 aliphatic rings. The number of fused-ring (bicyclic) bond motifs is 1. The SMILES string of the molecule is C[C@H](NC(=O)[C@H](CC(=O)O)NC(=O)CNC(=O)[C@@H](N)Cc1cccnc1)C(=O)N[C@@H](Cc1c[nH]cn1)C(=O)N[C@@H](Cc1c[nH]c2ccccc12)C(=O)N[C@@H](CCCCN)C(=O)N[C@@H](CCCNC(=N)N)C(=O)N[C@@H](CCCNC(=N)N)C(=O)N[C@@H](CCCCN)C(=O)N[C@@H](CCCNC(=N)N)C(=O)O. The lowest BCUT2D eigenvalue weighted by Gasteiger charge is -2.28. The largest absolute Gasteiger partial charge is 0.481 e. The van der Waals surface area contributed by atoms with E-state index in [9.17, 15) is 63.0 Å². The van der Waals surface area contributed by atoms with Crippen LogP contribution in [0.15, 0.2) is 67.5 Å². The zero-order chi connectivity index (χ0) is 76.7. The number of hydrogen-bond donors (Lipinski definition) is 26. The summed E-state index contributed by atoms with van der Waals surface area (Å²) in [5.74, 6) is -13.4. The van der Waals surface area contributed by atoms with Crippen molar-refractivity contribution >= 4 is 99.8 Å². The van der Waals surface area contributed by atoms with Crippen molar-refractivity contribution in [3.63, 3.8) is 0 Å². The minimum atomic E-state index is -1.78. The van der Waals surface area contributed by atoms with Gasteiger partial charge in [-0.25, -0.2) is 9.78 Å². The van der Waals surface area contributed by atoms with Crippen molar-refractivity contribution in [2.24, 2.45) is 34.4 Å². The number of nitrogens with one attached hydrogen (secondary N) is 18. The molecule has 32 N–H and O–H groups in total. The number of aromatic nitrogens is 4. The molecule has 3 heterocycles. The van der Waals surface area contributed by atoms with Crippen LogP contribution in [0.3, 0.4) is 0 Å². The third-order valence-electron chi connectivity index (χ3n) is 16.0. The number of rotatable bonds is 49. The molecule has 0 bridgehead atoms. The van der Waals surface area contributed by atoms with Crippen LogP contribution in [-0.4, -0.2) is 219 Å². The summed E-state index contributed by atoms with van der Waals surface area (Å²) in [5, 5.41) is 76.2. The molecule has 0 saturated carbocycles. The van der Waals surface area contributed by atoms with Gasteiger partial charge in [-0.15, -0.1) is 0 Å². The molecule has 104 heavy (non-hydrogen) atoms. The first-order valence-electron chi connectivity index (χ1n) is 33.8. The Morgan fingerprint density at radius 1 is 0.500 bits per heavy atom. The Morgan fingerprint density at radius 2 is 0.962 bits per heavy atom. The van der Waals surface area contributed by atoms with Gasteiger partial charge in [-0.1, -0.05) is 24.3 Å². The molecule has 0 spiro atoms. The second-order valence-corrected chi connectivity index (χ2v) is 24.4. The molecule has 0 aliphatic heterocycles. The number of para-hydroxylation sites is 1. The predicted octanol–water partition coefficient (Wildman–Crippen LogP) is -6.25. The van der Waals surface area contributed by atoms with Crippen LogP contribution in [0.1, 0.15) is 107 Å². The number of benzene rings is 1. The molecule has 40 nitrogen and oxygen atoms in total. The number of carboxylic acid groups (broad SMARTS) is 2. The second kappa shape index (κ2) is 45.3. The van der Waals surface area contributed by atoms with Crippen molar-refractivity contribution in [1.82, 2.24) is 89.1 Å². The van der Waals surface area contributed by atoms with Crippen molar-refractivity contribution in [3.8, 4) is 0 Å². The molecule has 0 unspecified atom stereocenters. The molecule has 1 aromatic carbocycles. The van der Waals surface area contributed by atoms with Crippen LogP contribution in [0, 0.1) is 16.2 Å². The first-order chi connectivity index (χ1) is 49.6. The van der Waals surface area contributed by atoms with E-state index >= 15 is 4.79 Å². The number of imidazole rings is 1. The Labute approximate surface area is 598 Å². The van der Waals surface area contributed by atoms with Crippen LogP contribution in [-0.2, 0) is 76.8 Å². The number of H-pyrrole nitrogens is 2. The molecule has 3 aromatic heterocycles. The summed E-state index contributed by atoms with van der Waals surface area (Å²) in [6.07, 6.45) is 6.98.